The number of urea groups is 1. The van der Waals surface area contributed by atoms with Gasteiger partial charge in [-0.25, -0.2) is 18.6 Å². The largest absolute Gasteiger partial charge is 0.322 e. The molecule has 0 aliphatic carbocycles. The maximum absolute atomic E-state index is 13.3. The number of benzene rings is 2. The summed E-state index contributed by atoms with van der Waals surface area (Å²) in [6.07, 6.45) is 0.420. The quantitative estimate of drug-likeness (QED) is 0.695. The maximum atomic E-state index is 13.3. The normalized spacial score (nSPS) is 13.1. The summed E-state index contributed by atoms with van der Waals surface area (Å²) in [6.45, 7) is 2.40. The number of halogens is 2. The number of nitrogens with one attached hydrogen (secondary N) is 2. The van der Waals surface area contributed by atoms with Crippen LogP contribution in [0.5, 0.6) is 0 Å². The fraction of sp³-hybridized carbons (Fsp3) is 0.190. The molecule has 0 unspecified atom stereocenters. The second kappa shape index (κ2) is 7.46. The first kappa shape index (κ1) is 18.8. The second-order valence-electron chi connectivity index (χ2n) is 6.94. The van der Waals surface area contributed by atoms with Crippen molar-refractivity contribution in [2.75, 3.05) is 11.9 Å². The molecule has 3 aromatic rings. The van der Waals surface area contributed by atoms with E-state index in [2.05, 4.69) is 15.3 Å². The molecule has 2 aromatic carbocycles. The molecule has 148 valence electrons. The lowest BCUT2D eigenvalue weighted by Gasteiger charge is -2.28. The van der Waals surface area contributed by atoms with E-state index in [1.807, 2.05) is 31.2 Å². The van der Waals surface area contributed by atoms with E-state index in [4.69, 9.17) is 0 Å². The topological polar surface area (TPSA) is 78.1 Å². The second-order valence-corrected chi connectivity index (χ2v) is 6.94. The average Bonchev–Trinajstić information content (AvgIpc) is 2.70. The van der Waals surface area contributed by atoms with Gasteiger partial charge < -0.3 is 15.2 Å². The molecule has 29 heavy (non-hydrogen) atoms. The maximum Gasteiger partial charge on any atom is 0.322 e. The number of aromatic nitrogens is 2. The summed E-state index contributed by atoms with van der Waals surface area (Å²) < 4.78 is 26.4. The van der Waals surface area contributed by atoms with Crippen LogP contribution < -0.4 is 10.9 Å². The zero-order chi connectivity index (χ0) is 20.5. The van der Waals surface area contributed by atoms with Gasteiger partial charge in [-0.15, -0.1) is 0 Å². The highest BCUT2D eigenvalue weighted by molar-refractivity contribution is 5.89. The van der Waals surface area contributed by atoms with Crippen LogP contribution >= 0.6 is 0 Å². The summed E-state index contributed by atoms with van der Waals surface area (Å²) in [4.78, 5) is 33.9. The zero-order valence-corrected chi connectivity index (χ0v) is 15.6. The number of anilines is 1. The summed E-state index contributed by atoms with van der Waals surface area (Å²) in [5.41, 5.74) is 2.81. The van der Waals surface area contributed by atoms with Crippen LogP contribution in [-0.2, 0) is 13.0 Å². The zero-order valence-electron chi connectivity index (χ0n) is 15.6. The number of carbonyl (C=O) groups excluding carboxylic acids is 1. The van der Waals surface area contributed by atoms with Gasteiger partial charge in [0.25, 0.3) is 5.56 Å². The van der Waals surface area contributed by atoms with E-state index in [1.54, 1.807) is 0 Å². The predicted molar refractivity (Wildman–Crippen MR) is 105 cm³/mol. The van der Waals surface area contributed by atoms with E-state index in [9.17, 15) is 18.4 Å². The molecule has 0 atom stereocenters. The third kappa shape index (κ3) is 3.87. The summed E-state index contributed by atoms with van der Waals surface area (Å²) in [6, 6.07) is 10.3. The molecule has 8 heteroatoms. The number of fused-ring (bicyclic) bond motifs is 1. The third-order valence-electron chi connectivity index (χ3n) is 4.82. The molecule has 0 fully saturated rings. The first-order valence-electron chi connectivity index (χ1n) is 9.11. The first-order valence-corrected chi connectivity index (χ1v) is 9.11. The molecule has 0 saturated carbocycles. The highest BCUT2D eigenvalue weighted by atomic mass is 19.2. The Morgan fingerprint density at radius 1 is 1.17 bits per heavy atom. The van der Waals surface area contributed by atoms with Crippen LogP contribution in [0, 0.1) is 18.6 Å². The van der Waals surface area contributed by atoms with Gasteiger partial charge in [0.1, 0.15) is 5.82 Å². The van der Waals surface area contributed by atoms with Crippen molar-refractivity contribution in [1.82, 2.24) is 14.9 Å². The fourth-order valence-electron chi connectivity index (χ4n) is 3.30. The van der Waals surface area contributed by atoms with Crippen LogP contribution in [0.1, 0.15) is 16.8 Å². The smallest absolute Gasteiger partial charge is 0.320 e. The van der Waals surface area contributed by atoms with E-state index in [0.717, 1.165) is 23.3 Å². The van der Waals surface area contributed by atoms with E-state index < -0.39 is 17.7 Å². The van der Waals surface area contributed by atoms with Gasteiger partial charge in [0.2, 0.25) is 0 Å². The number of aromatic amines is 1. The number of carbonyl (C=O) groups is 1. The van der Waals surface area contributed by atoms with Crippen molar-refractivity contribution in [2.24, 2.45) is 0 Å². The number of H-pyrrole nitrogens is 1. The highest BCUT2D eigenvalue weighted by Crippen LogP contribution is 2.20. The standard InChI is InChI=1S/C21H18F2N4O2/c1-12-3-2-4-13(9-12)19-25-18-7-8-27(11-15(18)20(28)26-19)21(29)24-14-5-6-16(22)17(23)10-14/h2-6,9-10H,7-8,11H2,1H3,(H,24,29)(H,25,26,28). The molecule has 6 nitrogen and oxygen atoms in total. The molecular formula is C21H18F2N4O2. The van der Waals surface area contributed by atoms with Gasteiger partial charge >= 0.3 is 6.03 Å². The molecule has 0 spiro atoms. The van der Waals surface area contributed by atoms with Gasteiger partial charge in [0, 0.05) is 30.3 Å². The molecule has 2 heterocycles. The predicted octanol–water partition coefficient (Wildman–Crippen LogP) is 3.61. The van der Waals surface area contributed by atoms with Gasteiger partial charge in [-0.2, -0.15) is 0 Å². The van der Waals surface area contributed by atoms with E-state index in [1.165, 1.54) is 11.0 Å². The minimum absolute atomic E-state index is 0.0846. The van der Waals surface area contributed by atoms with Crippen LogP contribution in [0.3, 0.4) is 0 Å². The third-order valence-corrected chi connectivity index (χ3v) is 4.82. The minimum atomic E-state index is -1.05. The van der Waals surface area contributed by atoms with Crippen LogP contribution in [-0.4, -0.2) is 27.4 Å². The van der Waals surface area contributed by atoms with Crippen molar-refractivity contribution in [3.63, 3.8) is 0 Å². The molecule has 2 N–H and O–H groups in total. The molecule has 2 amide bonds. The number of rotatable bonds is 2. The summed E-state index contributed by atoms with van der Waals surface area (Å²) in [5, 5.41) is 2.52. The molecular weight excluding hydrogens is 378 g/mol. The molecule has 1 aliphatic heterocycles. The number of hydrogen-bond donors (Lipinski definition) is 2. The number of amides is 2. The summed E-state index contributed by atoms with van der Waals surface area (Å²) in [5.74, 6) is -1.54. The van der Waals surface area contributed by atoms with Gasteiger partial charge in [-0.3, -0.25) is 4.79 Å². The Hall–Kier alpha value is -3.55. The Balaban J connectivity index is 1.54. The van der Waals surface area contributed by atoms with Gasteiger partial charge in [-0.1, -0.05) is 23.8 Å². The number of hydrogen-bond acceptors (Lipinski definition) is 3. The average molecular weight is 396 g/mol. The lowest BCUT2D eigenvalue weighted by atomic mass is 10.1. The molecule has 0 bridgehead atoms. The SMILES string of the molecule is Cc1cccc(-c2nc3c(c(=O)[nH]2)CN(C(=O)Nc2ccc(F)c(F)c2)CC3)c1. The number of aryl methyl sites for hydroxylation is 1. The Kier molecular flexibility index (Phi) is 4.84. The van der Waals surface area contributed by atoms with Crippen molar-refractivity contribution in [3.8, 4) is 11.4 Å². The Labute approximate surface area is 165 Å². The van der Waals surface area contributed by atoms with Crippen LogP contribution in [0.15, 0.2) is 47.3 Å². The van der Waals surface area contributed by atoms with Crippen molar-refractivity contribution in [2.45, 2.75) is 19.9 Å². The van der Waals surface area contributed by atoms with E-state index in [0.29, 0.717) is 30.0 Å². The summed E-state index contributed by atoms with van der Waals surface area (Å²) >= 11 is 0. The van der Waals surface area contributed by atoms with Crippen LogP contribution in [0.4, 0.5) is 19.3 Å². The first-order chi connectivity index (χ1) is 13.9. The molecule has 0 saturated heterocycles. The van der Waals surface area contributed by atoms with Crippen molar-refractivity contribution in [3.05, 3.63) is 81.3 Å². The van der Waals surface area contributed by atoms with Crippen molar-refractivity contribution < 1.29 is 13.6 Å². The Morgan fingerprint density at radius 3 is 2.76 bits per heavy atom. The monoisotopic (exact) mass is 396 g/mol. The Bertz CT molecular complexity index is 1160. The van der Waals surface area contributed by atoms with Gasteiger partial charge in [0.15, 0.2) is 11.6 Å². The highest BCUT2D eigenvalue weighted by Gasteiger charge is 2.25. The number of nitrogens with zero attached hydrogens (tertiary/aromatic N) is 2. The molecule has 1 aromatic heterocycles. The van der Waals surface area contributed by atoms with Crippen molar-refractivity contribution in [1.29, 1.82) is 0 Å². The Morgan fingerprint density at radius 2 is 2.00 bits per heavy atom. The minimum Gasteiger partial charge on any atom is -0.320 e. The lowest BCUT2D eigenvalue weighted by molar-refractivity contribution is 0.205. The lowest BCUT2D eigenvalue weighted by Crippen LogP contribution is -2.41. The fourth-order valence-corrected chi connectivity index (χ4v) is 3.30. The van der Waals surface area contributed by atoms with Crippen molar-refractivity contribution >= 4 is 11.7 Å². The van der Waals surface area contributed by atoms with Crippen LogP contribution in [0.2, 0.25) is 0 Å². The molecule has 1 aliphatic rings. The van der Waals surface area contributed by atoms with E-state index in [-0.39, 0.29) is 17.8 Å². The van der Waals surface area contributed by atoms with E-state index >= 15 is 0 Å². The molecule has 4 rings (SSSR count). The summed E-state index contributed by atoms with van der Waals surface area (Å²) in [7, 11) is 0. The van der Waals surface area contributed by atoms with Gasteiger partial charge in [0.05, 0.1) is 17.8 Å². The molecule has 0 radical (unpaired) electrons. The van der Waals surface area contributed by atoms with Crippen LogP contribution in [0.25, 0.3) is 11.4 Å². The van der Waals surface area contributed by atoms with Gasteiger partial charge in [-0.05, 0) is 25.1 Å².